The first kappa shape index (κ1) is 14.7. The smallest absolute Gasteiger partial charge is 0.162 e. The van der Waals surface area contributed by atoms with Crippen molar-refractivity contribution in [2.24, 2.45) is 5.92 Å². The SMILES string of the molecule is O=C(CCCOCC1CCOC1)c1ccc(Br)cc1. The van der Waals surface area contributed by atoms with Crippen LogP contribution < -0.4 is 0 Å². The quantitative estimate of drug-likeness (QED) is 0.568. The molecule has 0 bridgehead atoms. The molecule has 2 rings (SSSR count). The zero-order valence-corrected chi connectivity index (χ0v) is 12.5. The largest absolute Gasteiger partial charge is 0.381 e. The van der Waals surface area contributed by atoms with Crippen LogP contribution in [-0.4, -0.2) is 32.2 Å². The van der Waals surface area contributed by atoms with Crippen molar-refractivity contribution < 1.29 is 14.3 Å². The summed E-state index contributed by atoms with van der Waals surface area (Å²) in [6.07, 6.45) is 2.42. The van der Waals surface area contributed by atoms with Gasteiger partial charge in [0.15, 0.2) is 5.78 Å². The number of rotatable bonds is 7. The van der Waals surface area contributed by atoms with Crippen molar-refractivity contribution in [2.45, 2.75) is 19.3 Å². The summed E-state index contributed by atoms with van der Waals surface area (Å²) in [5.74, 6) is 0.725. The van der Waals surface area contributed by atoms with E-state index in [-0.39, 0.29) is 5.78 Å². The van der Waals surface area contributed by atoms with Crippen molar-refractivity contribution in [2.75, 3.05) is 26.4 Å². The van der Waals surface area contributed by atoms with Gasteiger partial charge in [-0.3, -0.25) is 4.79 Å². The zero-order valence-electron chi connectivity index (χ0n) is 10.9. The van der Waals surface area contributed by atoms with E-state index in [1.807, 2.05) is 24.3 Å². The summed E-state index contributed by atoms with van der Waals surface area (Å²) >= 11 is 3.36. The Morgan fingerprint density at radius 2 is 2.16 bits per heavy atom. The summed E-state index contributed by atoms with van der Waals surface area (Å²) in [5, 5.41) is 0. The molecule has 1 saturated heterocycles. The van der Waals surface area contributed by atoms with Crippen molar-refractivity contribution >= 4 is 21.7 Å². The van der Waals surface area contributed by atoms with Gasteiger partial charge < -0.3 is 9.47 Å². The molecule has 0 N–H and O–H groups in total. The summed E-state index contributed by atoms with van der Waals surface area (Å²) in [7, 11) is 0. The van der Waals surface area contributed by atoms with Crippen molar-refractivity contribution in [1.82, 2.24) is 0 Å². The maximum atomic E-state index is 11.9. The first-order valence-corrected chi connectivity index (χ1v) is 7.49. The van der Waals surface area contributed by atoms with E-state index < -0.39 is 0 Å². The van der Waals surface area contributed by atoms with Gasteiger partial charge in [-0.25, -0.2) is 0 Å². The molecule has 104 valence electrons. The van der Waals surface area contributed by atoms with Gasteiger partial charge in [0.05, 0.1) is 13.2 Å². The maximum absolute atomic E-state index is 11.9. The Morgan fingerprint density at radius 3 is 2.84 bits per heavy atom. The molecule has 1 aliphatic rings. The number of benzene rings is 1. The predicted molar refractivity (Wildman–Crippen MR) is 77.5 cm³/mol. The highest BCUT2D eigenvalue weighted by molar-refractivity contribution is 9.10. The lowest BCUT2D eigenvalue weighted by Gasteiger charge is -2.08. The van der Waals surface area contributed by atoms with E-state index in [2.05, 4.69) is 15.9 Å². The van der Waals surface area contributed by atoms with Gasteiger partial charge in [-0.1, -0.05) is 28.1 Å². The number of carbonyl (C=O) groups excluding carboxylic acids is 1. The summed E-state index contributed by atoms with van der Waals surface area (Å²) in [6, 6.07) is 7.49. The molecule has 0 amide bonds. The van der Waals surface area contributed by atoms with Gasteiger partial charge in [0.2, 0.25) is 0 Å². The van der Waals surface area contributed by atoms with Gasteiger partial charge in [0.1, 0.15) is 0 Å². The first-order chi connectivity index (χ1) is 9.25. The van der Waals surface area contributed by atoms with Gasteiger partial charge in [-0.2, -0.15) is 0 Å². The molecule has 4 heteroatoms. The topological polar surface area (TPSA) is 35.5 Å². The van der Waals surface area contributed by atoms with Crippen LogP contribution in [0.5, 0.6) is 0 Å². The standard InChI is InChI=1S/C15H19BrO3/c16-14-5-3-13(4-6-14)15(17)2-1-8-18-10-12-7-9-19-11-12/h3-6,12H,1-2,7-11H2. The van der Waals surface area contributed by atoms with E-state index in [9.17, 15) is 4.79 Å². The van der Waals surface area contributed by atoms with Crippen LogP contribution in [0.2, 0.25) is 0 Å². The zero-order chi connectivity index (χ0) is 13.5. The molecule has 1 aromatic rings. The lowest BCUT2D eigenvalue weighted by atomic mass is 10.1. The number of hydrogen-bond acceptors (Lipinski definition) is 3. The molecule has 1 aromatic carbocycles. The fourth-order valence-electron chi connectivity index (χ4n) is 2.08. The average molecular weight is 327 g/mol. The van der Waals surface area contributed by atoms with E-state index in [0.717, 1.165) is 42.7 Å². The third-order valence-electron chi connectivity index (χ3n) is 3.24. The Hall–Kier alpha value is -0.710. The first-order valence-electron chi connectivity index (χ1n) is 6.70. The van der Waals surface area contributed by atoms with Gasteiger partial charge in [0, 0.05) is 35.6 Å². The fourth-order valence-corrected chi connectivity index (χ4v) is 2.34. The van der Waals surface area contributed by atoms with Gasteiger partial charge in [-0.05, 0) is 25.0 Å². The molecule has 1 unspecified atom stereocenters. The van der Waals surface area contributed by atoms with Crippen LogP contribution in [0.15, 0.2) is 28.7 Å². The number of hydrogen-bond donors (Lipinski definition) is 0. The highest BCUT2D eigenvalue weighted by Crippen LogP contribution is 2.14. The molecule has 0 saturated carbocycles. The second-order valence-corrected chi connectivity index (χ2v) is 5.75. The summed E-state index contributed by atoms with van der Waals surface area (Å²) in [5.41, 5.74) is 0.771. The summed E-state index contributed by atoms with van der Waals surface area (Å²) in [4.78, 5) is 11.9. The monoisotopic (exact) mass is 326 g/mol. The lowest BCUT2D eigenvalue weighted by molar-refractivity contribution is 0.0814. The molecule has 0 spiro atoms. The second kappa shape index (κ2) is 7.78. The molecule has 1 heterocycles. The summed E-state index contributed by atoms with van der Waals surface area (Å²) < 4.78 is 11.9. The molecule has 1 aliphatic heterocycles. The Bertz CT molecular complexity index is 396. The van der Waals surface area contributed by atoms with Crippen LogP contribution in [-0.2, 0) is 9.47 Å². The van der Waals surface area contributed by atoms with Crippen molar-refractivity contribution in [3.05, 3.63) is 34.3 Å². The van der Waals surface area contributed by atoms with Gasteiger partial charge >= 0.3 is 0 Å². The van der Waals surface area contributed by atoms with Crippen LogP contribution in [0.1, 0.15) is 29.6 Å². The minimum absolute atomic E-state index is 0.181. The van der Waals surface area contributed by atoms with Crippen LogP contribution in [0, 0.1) is 5.92 Å². The predicted octanol–water partition coefficient (Wildman–Crippen LogP) is 3.47. The highest BCUT2D eigenvalue weighted by atomic mass is 79.9. The number of halogens is 1. The molecular weight excluding hydrogens is 308 g/mol. The van der Waals surface area contributed by atoms with Crippen molar-refractivity contribution in [1.29, 1.82) is 0 Å². The molecule has 0 aromatic heterocycles. The number of Topliss-reactive ketones (excluding diaryl/α,β-unsaturated/α-hetero) is 1. The molecule has 0 aliphatic carbocycles. The highest BCUT2D eigenvalue weighted by Gasteiger charge is 2.15. The van der Waals surface area contributed by atoms with Crippen molar-refractivity contribution in [3.8, 4) is 0 Å². The molecule has 1 atom stereocenters. The lowest BCUT2D eigenvalue weighted by Crippen LogP contribution is -2.10. The maximum Gasteiger partial charge on any atom is 0.162 e. The minimum Gasteiger partial charge on any atom is -0.381 e. The van der Waals surface area contributed by atoms with E-state index in [4.69, 9.17) is 9.47 Å². The van der Waals surface area contributed by atoms with E-state index in [1.54, 1.807) is 0 Å². The Labute approximate surface area is 122 Å². The molecule has 19 heavy (non-hydrogen) atoms. The number of carbonyl (C=O) groups is 1. The Kier molecular flexibility index (Phi) is 6.01. The van der Waals surface area contributed by atoms with E-state index in [0.29, 0.717) is 18.9 Å². The molecule has 0 radical (unpaired) electrons. The van der Waals surface area contributed by atoms with Crippen LogP contribution in [0.4, 0.5) is 0 Å². The normalized spacial score (nSPS) is 18.7. The fraction of sp³-hybridized carbons (Fsp3) is 0.533. The Balaban J connectivity index is 1.59. The third-order valence-corrected chi connectivity index (χ3v) is 3.76. The Morgan fingerprint density at radius 1 is 1.37 bits per heavy atom. The number of ether oxygens (including phenoxy) is 2. The second-order valence-electron chi connectivity index (χ2n) is 4.84. The molecule has 3 nitrogen and oxygen atoms in total. The number of ketones is 1. The minimum atomic E-state index is 0.181. The summed E-state index contributed by atoms with van der Waals surface area (Å²) in [6.45, 7) is 3.08. The average Bonchev–Trinajstić information content (AvgIpc) is 2.92. The van der Waals surface area contributed by atoms with E-state index in [1.165, 1.54) is 0 Å². The van der Waals surface area contributed by atoms with Gasteiger partial charge in [-0.15, -0.1) is 0 Å². The van der Waals surface area contributed by atoms with Crippen LogP contribution >= 0.6 is 15.9 Å². The molecule has 1 fully saturated rings. The third kappa shape index (κ3) is 5.05. The van der Waals surface area contributed by atoms with E-state index >= 15 is 0 Å². The molecular formula is C15H19BrO3. The van der Waals surface area contributed by atoms with Crippen LogP contribution in [0.3, 0.4) is 0 Å². The van der Waals surface area contributed by atoms with Crippen molar-refractivity contribution in [3.63, 3.8) is 0 Å². The van der Waals surface area contributed by atoms with Gasteiger partial charge in [0.25, 0.3) is 0 Å². The van der Waals surface area contributed by atoms with Crippen LogP contribution in [0.25, 0.3) is 0 Å².